The summed E-state index contributed by atoms with van der Waals surface area (Å²) < 4.78 is 0. The fraction of sp³-hybridized carbons (Fsp3) is 0.211. The number of carbonyl (C=O) groups is 1. The minimum absolute atomic E-state index is 0.297. The van der Waals surface area contributed by atoms with Gasteiger partial charge in [-0.2, -0.15) is 0 Å². The predicted molar refractivity (Wildman–Crippen MR) is 104 cm³/mol. The highest BCUT2D eigenvalue weighted by Crippen LogP contribution is 2.23. The summed E-state index contributed by atoms with van der Waals surface area (Å²) in [4.78, 5) is 21.5. The molecule has 0 aliphatic carbocycles. The normalized spacial score (nSPS) is 15.5. The molecule has 7 nitrogen and oxygen atoms in total. The van der Waals surface area contributed by atoms with Crippen molar-refractivity contribution in [1.82, 2.24) is 10.6 Å². The van der Waals surface area contributed by atoms with Crippen LogP contribution in [0.25, 0.3) is 0 Å². The number of rotatable bonds is 4. The Morgan fingerprint density at radius 1 is 0.846 bits per heavy atom. The molecule has 0 bridgehead atoms. The number of para-hydroxylation sites is 1. The first-order valence-corrected chi connectivity index (χ1v) is 8.65. The van der Waals surface area contributed by atoms with E-state index in [0.717, 1.165) is 54.7 Å². The summed E-state index contributed by atoms with van der Waals surface area (Å²) in [5, 5.41) is 12.4. The van der Waals surface area contributed by atoms with E-state index in [-0.39, 0.29) is 6.03 Å². The van der Waals surface area contributed by atoms with E-state index < -0.39 is 0 Å². The quantitative estimate of drug-likeness (QED) is 0.681. The van der Waals surface area contributed by atoms with Crippen LogP contribution in [0.5, 0.6) is 0 Å². The van der Waals surface area contributed by atoms with Crippen LogP contribution in [-0.4, -0.2) is 43.9 Å². The van der Waals surface area contributed by atoms with Crippen molar-refractivity contribution in [2.45, 2.75) is 0 Å². The molecule has 2 heterocycles. The van der Waals surface area contributed by atoms with Gasteiger partial charge in [0, 0.05) is 24.3 Å². The zero-order chi connectivity index (χ0) is 17.8. The van der Waals surface area contributed by atoms with Gasteiger partial charge in [0.15, 0.2) is 0 Å². The van der Waals surface area contributed by atoms with E-state index in [9.17, 15) is 4.79 Å². The van der Waals surface area contributed by atoms with Gasteiger partial charge < -0.3 is 21.3 Å². The zero-order valence-corrected chi connectivity index (χ0v) is 14.2. The van der Waals surface area contributed by atoms with Gasteiger partial charge in [-0.15, -0.1) is 0 Å². The zero-order valence-electron chi connectivity index (χ0n) is 14.2. The Morgan fingerprint density at radius 3 is 2.27 bits per heavy atom. The number of hydrogen-bond acceptors (Lipinski definition) is 5. The van der Waals surface area contributed by atoms with Gasteiger partial charge in [0.1, 0.15) is 11.7 Å². The first kappa shape index (κ1) is 16.1. The number of aliphatic imine (C=N–C) groups is 2. The van der Waals surface area contributed by atoms with Crippen LogP contribution in [0.3, 0.4) is 0 Å². The Hall–Kier alpha value is -3.35. The number of hydrogen-bond donors (Lipinski definition) is 4. The van der Waals surface area contributed by atoms with Gasteiger partial charge in [0.25, 0.3) is 0 Å². The first-order chi connectivity index (χ1) is 12.8. The second kappa shape index (κ2) is 7.26. The molecule has 2 aromatic carbocycles. The lowest BCUT2D eigenvalue weighted by atomic mass is 10.0. The van der Waals surface area contributed by atoms with Crippen molar-refractivity contribution in [3.8, 4) is 0 Å². The molecule has 0 spiro atoms. The van der Waals surface area contributed by atoms with Crippen molar-refractivity contribution in [2.75, 3.05) is 36.8 Å². The van der Waals surface area contributed by atoms with Crippen LogP contribution < -0.4 is 21.3 Å². The number of benzene rings is 2. The van der Waals surface area contributed by atoms with Crippen molar-refractivity contribution in [3.63, 3.8) is 0 Å². The Kier molecular flexibility index (Phi) is 4.51. The molecule has 0 saturated carbocycles. The molecule has 0 aromatic heterocycles. The van der Waals surface area contributed by atoms with Gasteiger partial charge in [-0.1, -0.05) is 30.3 Å². The van der Waals surface area contributed by atoms with Crippen molar-refractivity contribution in [2.24, 2.45) is 9.98 Å². The molecule has 2 amide bonds. The summed E-state index contributed by atoms with van der Waals surface area (Å²) in [5.74, 6) is 1.62. The topological polar surface area (TPSA) is 89.9 Å². The van der Waals surface area contributed by atoms with Gasteiger partial charge in [-0.3, -0.25) is 9.98 Å². The fourth-order valence-corrected chi connectivity index (χ4v) is 3.06. The van der Waals surface area contributed by atoms with E-state index in [4.69, 9.17) is 0 Å². The van der Waals surface area contributed by atoms with Crippen LogP contribution in [0.4, 0.5) is 16.2 Å². The maximum absolute atomic E-state index is 12.5. The number of nitrogens with one attached hydrogen (secondary N) is 4. The van der Waals surface area contributed by atoms with Crippen molar-refractivity contribution < 1.29 is 4.79 Å². The fourth-order valence-electron chi connectivity index (χ4n) is 3.06. The molecule has 0 saturated heterocycles. The molecular formula is C19H20N6O. The van der Waals surface area contributed by atoms with Crippen LogP contribution in [-0.2, 0) is 0 Å². The molecule has 2 aliphatic heterocycles. The highest BCUT2D eigenvalue weighted by molar-refractivity contribution is 6.16. The second-order valence-electron chi connectivity index (χ2n) is 5.99. The van der Waals surface area contributed by atoms with E-state index in [0.29, 0.717) is 5.69 Å². The monoisotopic (exact) mass is 348 g/mol. The molecule has 26 heavy (non-hydrogen) atoms. The van der Waals surface area contributed by atoms with Crippen LogP contribution in [0.15, 0.2) is 58.5 Å². The smallest absolute Gasteiger partial charge is 0.323 e. The van der Waals surface area contributed by atoms with Gasteiger partial charge in [0.05, 0.1) is 24.3 Å². The minimum atomic E-state index is -0.297. The van der Waals surface area contributed by atoms with E-state index in [1.165, 1.54) is 0 Å². The lowest BCUT2D eigenvalue weighted by Gasteiger charge is -2.16. The number of nitrogens with zero attached hydrogens (tertiary/aromatic N) is 2. The molecule has 132 valence electrons. The van der Waals surface area contributed by atoms with Crippen LogP contribution >= 0.6 is 0 Å². The molecule has 0 fully saturated rings. The molecule has 7 heteroatoms. The third-order valence-corrected chi connectivity index (χ3v) is 4.18. The molecule has 4 N–H and O–H groups in total. The average molecular weight is 348 g/mol. The summed E-state index contributed by atoms with van der Waals surface area (Å²) in [5.41, 5.74) is 3.23. The summed E-state index contributed by atoms with van der Waals surface area (Å²) in [6.07, 6.45) is 0. The highest BCUT2D eigenvalue weighted by atomic mass is 16.2. The molecule has 0 unspecified atom stereocenters. The van der Waals surface area contributed by atoms with Crippen LogP contribution in [0, 0.1) is 0 Å². The van der Waals surface area contributed by atoms with Crippen molar-refractivity contribution in [3.05, 3.63) is 59.7 Å². The molecule has 0 radical (unpaired) electrons. The summed E-state index contributed by atoms with van der Waals surface area (Å²) in [6.45, 7) is 3.08. The number of amides is 2. The standard InChI is InChI=1S/C19H20N6O/c26-19(24-13-5-2-1-3-6-13)25-15-8-4-7-14(17-20-9-10-21-17)16(15)18-22-11-12-23-18/h1-8H,9-12H2,(H,20,21)(H,22,23)(H2,24,25,26). The molecule has 2 aromatic rings. The van der Waals surface area contributed by atoms with E-state index in [2.05, 4.69) is 31.3 Å². The van der Waals surface area contributed by atoms with E-state index >= 15 is 0 Å². The summed E-state index contributed by atoms with van der Waals surface area (Å²) in [7, 11) is 0. The third-order valence-electron chi connectivity index (χ3n) is 4.18. The van der Waals surface area contributed by atoms with Crippen molar-refractivity contribution >= 4 is 29.1 Å². The van der Waals surface area contributed by atoms with E-state index in [1.807, 2.05) is 48.5 Å². The van der Waals surface area contributed by atoms with Gasteiger partial charge in [-0.25, -0.2) is 4.79 Å². The lowest BCUT2D eigenvalue weighted by Crippen LogP contribution is -2.29. The summed E-state index contributed by atoms with van der Waals surface area (Å²) in [6, 6.07) is 14.8. The highest BCUT2D eigenvalue weighted by Gasteiger charge is 2.22. The maximum atomic E-state index is 12.5. The maximum Gasteiger partial charge on any atom is 0.323 e. The Labute approximate surface area is 151 Å². The molecule has 0 atom stereocenters. The Morgan fingerprint density at radius 2 is 1.58 bits per heavy atom. The first-order valence-electron chi connectivity index (χ1n) is 8.65. The minimum Gasteiger partial charge on any atom is -0.368 e. The predicted octanol–water partition coefficient (Wildman–Crippen LogP) is 2.03. The molecule has 4 rings (SSSR count). The number of carbonyl (C=O) groups excluding carboxylic acids is 1. The SMILES string of the molecule is O=C(Nc1ccccc1)Nc1cccc(C2=NCCN2)c1C1=NCCN1. The molecular weight excluding hydrogens is 328 g/mol. The summed E-state index contributed by atoms with van der Waals surface area (Å²) >= 11 is 0. The number of amidine groups is 2. The van der Waals surface area contributed by atoms with E-state index in [1.54, 1.807) is 0 Å². The molecule has 2 aliphatic rings. The Bertz CT molecular complexity index is 875. The lowest BCUT2D eigenvalue weighted by molar-refractivity contribution is 0.262. The van der Waals surface area contributed by atoms with Gasteiger partial charge in [0.2, 0.25) is 0 Å². The van der Waals surface area contributed by atoms with Gasteiger partial charge in [-0.05, 0) is 18.2 Å². The second-order valence-corrected chi connectivity index (χ2v) is 5.99. The number of anilines is 2. The Balaban J connectivity index is 1.64. The van der Waals surface area contributed by atoms with Crippen molar-refractivity contribution in [1.29, 1.82) is 0 Å². The average Bonchev–Trinajstić information content (AvgIpc) is 3.36. The number of urea groups is 1. The van der Waals surface area contributed by atoms with Crippen LogP contribution in [0.2, 0.25) is 0 Å². The largest absolute Gasteiger partial charge is 0.368 e. The van der Waals surface area contributed by atoms with Gasteiger partial charge >= 0.3 is 6.03 Å². The van der Waals surface area contributed by atoms with Crippen LogP contribution in [0.1, 0.15) is 11.1 Å². The third kappa shape index (κ3) is 3.37.